The number of carboxylic acids is 1. The summed E-state index contributed by atoms with van der Waals surface area (Å²) in [6.45, 7) is 2.87. The van der Waals surface area contributed by atoms with E-state index in [0.717, 1.165) is 4.88 Å². The molecule has 0 fully saturated rings. The lowest BCUT2D eigenvalue weighted by Crippen LogP contribution is -2.39. The molecule has 0 saturated heterocycles. The Balaban J connectivity index is 2.38. The number of aromatic carboxylic acids is 1. The van der Waals surface area contributed by atoms with Crippen LogP contribution in [0.4, 0.5) is 0 Å². The average Bonchev–Trinajstić information content (AvgIpc) is 2.66. The molecule has 6 heteroatoms. The molecule has 0 amide bonds. The van der Waals surface area contributed by atoms with Gasteiger partial charge in [0.15, 0.2) is 0 Å². The van der Waals surface area contributed by atoms with Crippen LogP contribution in [0, 0.1) is 0 Å². The van der Waals surface area contributed by atoms with Crippen molar-refractivity contribution in [2.45, 2.75) is 19.1 Å². The van der Waals surface area contributed by atoms with E-state index in [2.05, 4.69) is 5.32 Å². The molecular weight excluding hydrogens is 258 g/mol. The quantitative estimate of drug-likeness (QED) is 0.706. The number of aliphatic hydroxyl groups is 1. The Labute approximate surface area is 109 Å². The summed E-state index contributed by atoms with van der Waals surface area (Å²) in [4.78, 5) is 11.6. The van der Waals surface area contributed by atoms with E-state index in [9.17, 15) is 9.90 Å². The second kappa shape index (κ2) is 6.39. The maximum absolute atomic E-state index is 10.7. The highest BCUT2D eigenvalue weighted by atomic mass is 32.2. The summed E-state index contributed by atoms with van der Waals surface area (Å²) < 4.78 is 0. The molecule has 0 bridgehead atoms. The first kappa shape index (κ1) is 14.5. The molecule has 0 saturated carbocycles. The number of thiophene rings is 1. The number of hydrogen-bond acceptors (Lipinski definition) is 5. The van der Waals surface area contributed by atoms with Gasteiger partial charge in [0.1, 0.15) is 0 Å². The van der Waals surface area contributed by atoms with Crippen LogP contribution >= 0.6 is 23.1 Å². The fourth-order valence-corrected chi connectivity index (χ4v) is 2.95. The smallest absolute Gasteiger partial charge is 0.336 e. The zero-order chi connectivity index (χ0) is 12.9. The van der Waals surface area contributed by atoms with Crippen molar-refractivity contribution >= 4 is 29.1 Å². The zero-order valence-electron chi connectivity index (χ0n) is 9.90. The summed E-state index contributed by atoms with van der Waals surface area (Å²) >= 11 is 3.01. The van der Waals surface area contributed by atoms with Crippen molar-refractivity contribution < 1.29 is 15.0 Å². The molecule has 17 heavy (non-hydrogen) atoms. The summed E-state index contributed by atoms with van der Waals surface area (Å²) in [7, 11) is 0. The van der Waals surface area contributed by atoms with E-state index in [0.29, 0.717) is 24.4 Å². The Bertz CT molecular complexity index is 377. The largest absolute Gasteiger partial charge is 0.478 e. The van der Waals surface area contributed by atoms with Gasteiger partial charge in [-0.15, -0.1) is 11.3 Å². The molecule has 4 nitrogen and oxygen atoms in total. The first-order valence-electron chi connectivity index (χ1n) is 5.17. The van der Waals surface area contributed by atoms with E-state index in [1.54, 1.807) is 30.1 Å². The van der Waals surface area contributed by atoms with Gasteiger partial charge in [-0.1, -0.05) is 0 Å². The van der Waals surface area contributed by atoms with Crippen LogP contribution < -0.4 is 5.32 Å². The second-order valence-electron chi connectivity index (χ2n) is 4.14. The van der Waals surface area contributed by atoms with Crippen LogP contribution in [0.5, 0.6) is 0 Å². The molecule has 0 radical (unpaired) electrons. The molecule has 0 aliphatic carbocycles. The minimum absolute atomic E-state index is 0.322. The van der Waals surface area contributed by atoms with E-state index < -0.39 is 11.6 Å². The van der Waals surface area contributed by atoms with Crippen LogP contribution in [0.1, 0.15) is 22.2 Å². The normalized spacial score (nSPS) is 14.5. The fourth-order valence-electron chi connectivity index (χ4n) is 1.40. The van der Waals surface area contributed by atoms with Gasteiger partial charge >= 0.3 is 5.97 Å². The maximum atomic E-state index is 10.7. The van der Waals surface area contributed by atoms with Gasteiger partial charge in [-0.25, -0.2) is 4.79 Å². The molecule has 1 unspecified atom stereocenters. The zero-order valence-corrected chi connectivity index (χ0v) is 11.5. The molecule has 0 aliphatic heterocycles. The minimum Gasteiger partial charge on any atom is -0.478 e. The SMILES string of the molecule is CSCC(C)(O)CNCc1cc(C(=O)O)cs1. The summed E-state index contributed by atoms with van der Waals surface area (Å²) in [5.41, 5.74) is -0.408. The van der Waals surface area contributed by atoms with Gasteiger partial charge in [-0.2, -0.15) is 11.8 Å². The predicted molar refractivity (Wildman–Crippen MR) is 72.0 cm³/mol. The Kier molecular flexibility index (Phi) is 5.45. The summed E-state index contributed by atoms with van der Waals surface area (Å²) in [6.07, 6.45) is 1.95. The number of carbonyl (C=O) groups is 1. The fraction of sp³-hybridized carbons (Fsp3) is 0.545. The molecule has 1 rings (SSSR count). The highest BCUT2D eigenvalue weighted by molar-refractivity contribution is 7.98. The van der Waals surface area contributed by atoms with Gasteiger partial charge < -0.3 is 15.5 Å². The topological polar surface area (TPSA) is 69.6 Å². The Morgan fingerprint density at radius 1 is 1.65 bits per heavy atom. The van der Waals surface area contributed by atoms with E-state index in [1.807, 2.05) is 6.26 Å². The molecule has 0 aromatic carbocycles. The Morgan fingerprint density at radius 3 is 2.88 bits per heavy atom. The maximum Gasteiger partial charge on any atom is 0.336 e. The Morgan fingerprint density at radius 2 is 2.35 bits per heavy atom. The van der Waals surface area contributed by atoms with Crippen molar-refractivity contribution in [1.82, 2.24) is 5.32 Å². The minimum atomic E-state index is -0.901. The number of hydrogen-bond donors (Lipinski definition) is 3. The lowest BCUT2D eigenvalue weighted by molar-refractivity contribution is 0.0696. The molecule has 0 spiro atoms. The number of carboxylic acid groups (broad SMARTS) is 1. The van der Waals surface area contributed by atoms with E-state index >= 15 is 0 Å². The van der Waals surface area contributed by atoms with E-state index in [4.69, 9.17) is 5.11 Å². The highest BCUT2D eigenvalue weighted by Crippen LogP contribution is 2.15. The molecule has 1 heterocycles. The monoisotopic (exact) mass is 275 g/mol. The highest BCUT2D eigenvalue weighted by Gasteiger charge is 2.18. The lowest BCUT2D eigenvalue weighted by Gasteiger charge is -2.22. The van der Waals surface area contributed by atoms with Crippen LogP contribution in [0.15, 0.2) is 11.4 Å². The molecule has 1 aromatic rings. The number of thioether (sulfide) groups is 1. The van der Waals surface area contributed by atoms with Crippen molar-refractivity contribution in [3.05, 3.63) is 21.9 Å². The van der Waals surface area contributed by atoms with Gasteiger partial charge in [0.2, 0.25) is 0 Å². The summed E-state index contributed by atoms with van der Waals surface area (Å²) in [6, 6.07) is 1.66. The molecule has 1 atom stereocenters. The van der Waals surface area contributed by atoms with Gasteiger partial charge in [0.05, 0.1) is 11.2 Å². The van der Waals surface area contributed by atoms with Crippen molar-refractivity contribution in [3.63, 3.8) is 0 Å². The third kappa shape index (κ3) is 5.08. The van der Waals surface area contributed by atoms with Crippen LogP contribution in [-0.4, -0.2) is 40.3 Å². The van der Waals surface area contributed by atoms with Gasteiger partial charge in [0, 0.05) is 29.1 Å². The van der Waals surface area contributed by atoms with Crippen LogP contribution in [0.3, 0.4) is 0 Å². The van der Waals surface area contributed by atoms with Crippen LogP contribution in [0.2, 0.25) is 0 Å². The van der Waals surface area contributed by atoms with Gasteiger partial charge in [0.25, 0.3) is 0 Å². The molecule has 0 aliphatic rings. The van der Waals surface area contributed by atoms with Crippen molar-refractivity contribution in [1.29, 1.82) is 0 Å². The predicted octanol–water partition coefficient (Wildman–Crippen LogP) is 1.65. The third-order valence-corrected chi connectivity index (χ3v) is 4.01. The third-order valence-electron chi connectivity index (χ3n) is 2.16. The lowest BCUT2D eigenvalue weighted by atomic mass is 10.1. The molecule has 96 valence electrons. The summed E-state index contributed by atoms with van der Waals surface area (Å²) in [5.74, 6) is -0.230. The molecular formula is C11H17NO3S2. The van der Waals surface area contributed by atoms with Crippen LogP contribution in [-0.2, 0) is 6.54 Å². The van der Waals surface area contributed by atoms with E-state index in [1.165, 1.54) is 11.3 Å². The second-order valence-corrected chi connectivity index (χ2v) is 6.00. The van der Waals surface area contributed by atoms with Gasteiger partial charge in [-0.3, -0.25) is 0 Å². The number of nitrogens with one attached hydrogen (secondary N) is 1. The summed E-state index contributed by atoms with van der Waals surface area (Å²) in [5, 5.41) is 23.4. The van der Waals surface area contributed by atoms with E-state index in [-0.39, 0.29) is 0 Å². The van der Waals surface area contributed by atoms with Crippen molar-refractivity contribution in [2.75, 3.05) is 18.6 Å². The van der Waals surface area contributed by atoms with Crippen LogP contribution in [0.25, 0.3) is 0 Å². The number of rotatable bonds is 7. The molecule has 3 N–H and O–H groups in total. The van der Waals surface area contributed by atoms with Crippen molar-refractivity contribution in [2.24, 2.45) is 0 Å². The first-order valence-corrected chi connectivity index (χ1v) is 7.45. The first-order chi connectivity index (χ1) is 7.94. The average molecular weight is 275 g/mol. The molecule has 1 aromatic heterocycles. The standard InChI is InChI=1S/C11H17NO3S2/c1-11(15,7-16-2)6-12-4-9-3-8(5-17-9)10(13)14/h3,5,12,15H,4,6-7H2,1-2H3,(H,13,14). The van der Waals surface area contributed by atoms with Gasteiger partial charge in [-0.05, 0) is 19.2 Å². The Hall–Kier alpha value is -0.560. The van der Waals surface area contributed by atoms with Crippen molar-refractivity contribution in [3.8, 4) is 0 Å².